The number of urea groups is 1. The molecule has 7 heteroatoms. The van der Waals surface area contributed by atoms with Gasteiger partial charge in [-0.2, -0.15) is 0 Å². The molecule has 0 radical (unpaired) electrons. The van der Waals surface area contributed by atoms with E-state index in [0.717, 1.165) is 17.9 Å². The number of ether oxygens (including phenoxy) is 1. The van der Waals surface area contributed by atoms with Crippen LogP contribution in [0.5, 0.6) is 5.75 Å². The van der Waals surface area contributed by atoms with Gasteiger partial charge in [0, 0.05) is 31.0 Å². The number of benzene rings is 1. The van der Waals surface area contributed by atoms with Crippen LogP contribution >= 0.6 is 0 Å². The third-order valence-corrected chi connectivity index (χ3v) is 3.59. The molecule has 1 saturated heterocycles. The predicted molar refractivity (Wildman–Crippen MR) is 77.3 cm³/mol. The van der Waals surface area contributed by atoms with Crippen LogP contribution < -0.4 is 10.1 Å². The molecule has 0 bridgehead atoms. The average Bonchev–Trinajstić information content (AvgIpc) is 3.18. The summed E-state index contributed by atoms with van der Waals surface area (Å²) >= 11 is 0. The van der Waals surface area contributed by atoms with Gasteiger partial charge in [-0.25, -0.2) is 9.48 Å². The maximum atomic E-state index is 12.3. The summed E-state index contributed by atoms with van der Waals surface area (Å²) in [5, 5.41) is 10.7. The topological polar surface area (TPSA) is 72.3 Å². The van der Waals surface area contributed by atoms with Crippen LogP contribution in [0.4, 0.5) is 10.5 Å². The van der Waals surface area contributed by atoms with E-state index in [4.69, 9.17) is 4.74 Å². The number of nitrogens with zero attached hydrogens (tertiary/aromatic N) is 4. The Balaban J connectivity index is 1.61. The van der Waals surface area contributed by atoms with Gasteiger partial charge in [0.15, 0.2) is 0 Å². The van der Waals surface area contributed by atoms with E-state index in [1.54, 1.807) is 29.0 Å². The minimum atomic E-state index is -0.106. The zero-order valence-corrected chi connectivity index (χ0v) is 11.8. The second-order valence-electron chi connectivity index (χ2n) is 4.93. The Labute approximate surface area is 122 Å². The second-order valence-corrected chi connectivity index (χ2v) is 4.93. The van der Waals surface area contributed by atoms with Gasteiger partial charge in [-0.1, -0.05) is 11.3 Å². The van der Waals surface area contributed by atoms with Crippen molar-refractivity contribution in [3.8, 4) is 5.75 Å². The van der Waals surface area contributed by atoms with Gasteiger partial charge < -0.3 is 15.0 Å². The van der Waals surface area contributed by atoms with Crippen molar-refractivity contribution < 1.29 is 9.53 Å². The van der Waals surface area contributed by atoms with E-state index in [1.807, 2.05) is 24.4 Å². The summed E-state index contributed by atoms with van der Waals surface area (Å²) < 4.78 is 6.95. The Bertz CT molecular complexity index is 614. The van der Waals surface area contributed by atoms with Gasteiger partial charge in [0.1, 0.15) is 5.75 Å². The number of carbonyl (C=O) groups excluding carboxylic acids is 1. The Morgan fingerprint density at radius 1 is 1.48 bits per heavy atom. The smallest absolute Gasteiger partial charge is 0.321 e. The van der Waals surface area contributed by atoms with Gasteiger partial charge >= 0.3 is 6.03 Å². The zero-order valence-electron chi connectivity index (χ0n) is 11.8. The molecule has 1 fully saturated rings. The van der Waals surface area contributed by atoms with Crippen molar-refractivity contribution in [2.24, 2.45) is 0 Å². The molecular formula is C14H17N5O2. The molecule has 21 heavy (non-hydrogen) atoms. The van der Waals surface area contributed by atoms with Gasteiger partial charge in [0.2, 0.25) is 0 Å². The standard InChI is InChI=1S/C14H17N5O2/c1-21-13-4-2-3-11(9-13)16-14(20)18-7-5-12(10-18)19-8-6-15-17-19/h2-4,6,8-9,12H,5,7,10H2,1H3,(H,16,20). The van der Waals surface area contributed by atoms with E-state index in [-0.39, 0.29) is 12.1 Å². The highest BCUT2D eigenvalue weighted by atomic mass is 16.5. The van der Waals surface area contributed by atoms with Crippen LogP contribution in [0.3, 0.4) is 0 Å². The molecule has 1 aromatic carbocycles. The molecule has 1 atom stereocenters. The van der Waals surface area contributed by atoms with Crippen LogP contribution in [0, 0.1) is 0 Å². The third kappa shape index (κ3) is 2.96. The fourth-order valence-electron chi connectivity index (χ4n) is 2.46. The first kappa shape index (κ1) is 13.4. The van der Waals surface area contributed by atoms with Crippen LogP contribution in [0.15, 0.2) is 36.7 Å². The molecule has 1 aliphatic rings. The zero-order chi connectivity index (χ0) is 14.7. The molecule has 1 aliphatic heterocycles. The SMILES string of the molecule is COc1cccc(NC(=O)N2CCC(n3ccnn3)C2)c1. The van der Waals surface area contributed by atoms with E-state index in [1.165, 1.54) is 0 Å². The molecule has 1 aromatic heterocycles. The van der Waals surface area contributed by atoms with E-state index < -0.39 is 0 Å². The summed E-state index contributed by atoms with van der Waals surface area (Å²) in [6, 6.07) is 7.41. The highest BCUT2D eigenvalue weighted by Crippen LogP contribution is 2.22. The molecular weight excluding hydrogens is 270 g/mol. The van der Waals surface area contributed by atoms with Crippen molar-refractivity contribution in [2.45, 2.75) is 12.5 Å². The Hall–Kier alpha value is -2.57. The number of hydrogen-bond donors (Lipinski definition) is 1. The minimum Gasteiger partial charge on any atom is -0.497 e. The molecule has 1 N–H and O–H groups in total. The molecule has 2 amide bonds. The number of nitrogens with one attached hydrogen (secondary N) is 1. The third-order valence-electron chi connectivity index (χ3n) is 3.59. The first-order chi connectivity index (χ1) is 10.3. The first-order valence-corrected chi connectivity index (χ1v) is 6.82. The number of aromatic nitrogens is 3. The Morgan fingerprint density at radius 2 is 2.38 bits per heavy atom. The van der Waals surface area contributed by atoms with Crippen LogP contribution in [0.2, 0.25) is 0 Å². The van der Waals surface area contributed by atoms with Gasteiger partial charge in [0.25, 0.3) is 0 Å². The average molecular weight is 287 g/mol. The molecule has 0 saturated carbocycles. The predicted octanol–water partition coefficient (Wildman–Crippen LogP) is 1.77. The van der Waals surface area contributed by atoms with Gasteiger partial charge in [0.05, 0.1) is 19.3 Å². The number of amides is 2. The summed E-state index contributed by atoms with van der Waals surface area (Å²) in [4.78, 5) is 14.0. The highest BCUT2D eigenvalue weighted by molar-refractivity contribution is 5.89. The van der Waals surface area contributed by atoms with E-state index >= 15 is 0 Å². The molecule has 7 nitrogen and oxygen atoms in total. The molecule has 1 unspecified atom stereocenters. The monoisotopic (exact) mass is 287 g/mol. The van der Waals surface area contributed by atoms with E-state index in [9.17, 15) is 4.79 Å². The lowest BCUT2D eigenvalue weighted by molar-refractivity contribution is 0.220. The van der Waals surface area contributed by atoms with Crippen LogP contribution in [0.1, 0.15) is 12.5 Å². The summed E-state index contributed by atoms with van der Waals surface area (Å²) in [6.07, 6.45) is 4.36. The fraction of sp³-hybridized carbons (Fsp3) is 0.357. The summed E-state index contributed by atoms with van der Waals surface area (Å²) in [7, 11) is 1.60. The van der Waals surface area contributed by atoms with Gasteiger partial charge in [-0.05, 0) is 18.6 Å². The van der Waals surface area contributed by atoms with E-state index in [2.05, 4.69) is 15.6 Å². The van der Waals surface area contributed by atoms with Crippen LogP contribution in [0.25, 0.3) is 0 Å². The van der Waals surface area contributed by atoms with Crippen molar-refractivity contribution in [3.05, 3.63) is 36.7 Å². The lowest BCUT2D eigenvalue weighted by Crippen LogP contribution is -2.33. The largest absolute Gasteiger partial charge is 0.497 e. The maximum absolute atomic E-state index is 12.3. The van der Waals surface area contributed by atoms with E-state index in [0.29, 0.717) is 13.1 Å². The normalized spacial score (nSPS) is 17.8. The number of methoxy groups -OCH3 is 1. The van der Waals surface area contributed by atoms with Gasteiger partial charge in [-0.3, -0.25) is 0 Å². The number of anilines is 1. The van der Waals surface area contributed by atoms with Crippen molar-refractivity contribution in [2.75, 3.05) is 25.5 Å². The number of rotatable bonds is 3. The maximum Gasteiger partial charge on any atom is 0.321 e. The Kier molecular flexibility index (Phi) is 3.72. The van der Waals surface area contributed by atoms with Crippen LogP contribution in [-0.4, -0.2) is 46.1 Å². The molecule has 3 rings (SSSR count). The summed E-state index contributed by atoms with van der Waals surface area (Å²) in [5.41, 5.74) is 0.726. The van der Waals surface area contributed by atoms with Crippen molar-refractivity contribution in [1.82, 2.24) is 19.9 Å². The quantitative estimate of drug-likeness (QED) is 0.933. The molecule has 2 aromatic rings. The molecule has 0 aliphatic carbocycles. The minimum absolute atomic E-state index is 0.106. The molecule has 110 valence electrons. The van der Waals surface area contributed by atoms with Crippen molar-refractivity contribution in [1.29, 1.82) is 0 Å². The fourth-order valence-corrected chi connectivity index (χ4v) is 2.46. The van der Waals surface area contributed by atoms with Crippen LogP contribution in [-0.2, 0) is 0 Å². The molecule has 2 heterocycles. The lowest BCUT2D eigenvalue weighted by atomic mass is 10.3. The van der Waals surface area contributed by atoms with Crippen molar-refractivity contribution in [3.63, 3.8) is 0 Å². The second kappa shape index (κ2) is 5.82. The lowest BCUT2D eigenvalue weighted by Gasteiger charge is -2.17. The summed E-state index contributed by atoms with van der Waals surface area (Å²) in [6.45, 7) is 1.35. The molecule has 0 spiro atoms. The Morgan fingerprint density at radius 3 is 3.14 bits per heavy atom. The number of likely N-dealkylation sites (tertiary alicyclic amines) is 1. The highest BCUT2D eigenvalue weighted by Gasteiger charge is 2.27. The first-order valence-electron chi connectivity index (χ1n) is 6.82. The van der Waals surface area contributed by atoms with Gasteiger partial charge in [-0.15, -0.1) is 5.10 Å². The summed E-state index contributed by atoms with van der Waals surface area (Å²) in [5.74, 6) is 0.717. The van der Waals surface area contributed by atoms with Crippen molar-refractivity contribution >= 4 is 11.7 Å². The number of hydrogen-bond acceptors (Lipinski definition) is 4. The number of carbonyl (C=O) groups is 1.